The number of hydrogen-bond acceptors (Lipinski definition) is 5. The van der Waals surface area contributed by atoms with Gasteiger partial charge in [-0.15, -0.1) is 0 Å². The second-order valence-corrected chi connectivity index (χ2v) is 8.15. The van der Waals surface area contributed by atoms with E-state index >= 15 is 0 Å². The average molecular weight is 336 g/mol. The first-order chi connectivity index (χ1) is 10.3. The van der Waals surface area contributed by atoms with E-state index in [0.29, 0.717) is 6.54 Å². The maximum atomic E-state index is 11.3. The van der Waals surface area contributed by atoms with Crippen LogP contribution in [-0.2, 0) is 4.57 Å². The summed E-state index contributed by atoms with van der Waals surface area (Å²) >= 11 is 0. The van der Waals surface area contributed by atoms with Gasteiger partial charge in [0.2, 0.25) is 0 Å². The van der Waals surface area contributed by atoms with Crippen LogP contribution in [0, 0.1) is 0 Å². The molecule has 0 atom stereocenters. The van der Waals surface area contributed by atoms with Crippen molar-refractivity contribution in [3.63, 3.8) is 0 Å². The van der Waals surface area contributed by atoms with Gasteiger partial charge in [0.25, 0.3) is 0 Å². The van der Waals surface area contributed by atoms with Crippen LogP contribution in [0.4, 0.5) is 0 Å². The van der Waals surface area contributed by atoms with E-state index < -0.39 is 7.60 Å². The highest BCUT2D eigenvalue weighted by Gasteiger charge is 2.19. The standard InChI is InChI=1S/C14H33N4O3P/c1-15-6-4-7-17(3)12-13-18(14-22(19,20)21)9-5-8-16(2)11-10-15/h4-14H2,1-3H3,(H2,19,20,21). The third-order valence-corrected chi connectivity index (χ3v) is 4.91. The monoisotopic (exact) mass is 336 g/mol. The van der Waals surface area contributed by atoms with Gasteiger partial charge in [0.15, 0.2) is 0 Å². The highest BCUT2D eigenvalue weighted by molar-refractivity contribution is 7.51. The molecule has 0 spiro atoms. The number of rotatable bonds is 2. The lowest BCUT2D eigenvalue weighted by molar-refractivity contribution is 0.196. The van der Waals surface area contributed by atoms with Gasteiger partial charge in [-0.1, -0.05) is 0 Å². The van der Waals surface area contributed by atoms with Crippen molar-refractivity contribution in [3.05, 3.63) is 0 Å². The van der Waals surface area contributed by atoms with Gasteiger partial charge in [0.05, 0.1) is 0 Å². The Morgan fingerprint density at radius 2 is 1.14 bits per heavy atom. The lowest BCUT2D eigenvalue weighted by atomic mass is 10.3. The molecule has 22 heavy (non-hydrogen) atoms. The lowest BCUT2D eigenvalue weighted by Gasteiger charge is -2.28. The van der Waals surface area contributed by atoms with Gasteiger partial charge in [0, 0.05) is 32.7 Å². The summed E-state index contributed by atoms with van der Waals surface area (Å²) < 4.78 is 11.3. The Kier molecular flexibility index (Phi) is 9.09. The molecule has 0 aromatic rings. The number of hydrogen-bond donors (Lipinski definition) is 2. The van der Waals surface area contributed by atoms with Crippen molar-refractivity contribution >= 4 is 7.60 Å². The molecule has 0 amide bonds. The molecule has 0 unspecified atom stereocenters. The molecule has 0 aromatic heterocycles. The van der Waals surface area contributed by atoms with Crippen LogP contribution in [0.25, 0.3) is 0 Å². The molecule has 7 nitrogen and oxygen atoms in total. The molecule has 0 radical (unpaired) electrons. The molecule has 0 saturated carbocycles. The van der Waals surface area contributed by atoms with Gasteiger partial charge in [-0.25, -0.2) is 0 Å². The summed E-state index contributed by atoms with van der Waals surface area (Å²) in [5.74, 6) is 0. The summed E-state index contributed by atoms with van der Waals surface area (Å²) in [4.78, 5) is 27.3. The molecule has 1 fully saturated rings. The van der Waals surface area contributed by atoms with E-state index in [-0.39, 0.29) is 6.29 Å². The molecule has 0 bridgehead atoms. The van der Waals surface area contributed by atoms with Gasteiger partial charge < -0.3 is 24.5 Å². The zero-order valence-electron chi connectivity index (χ0n) is 14.3. The lowest BCUT2D eigenvalue weighted by Crippen LogP contribution is -2.38. The molecule has 1 aliphatic rings. The molecule has 132 valence electrons. The highest BCUT2D eigenvalue weighted by Crippen LogP contribution is 2.34. The SMILES string of the molecule is CN1CCCN(C)CCN(CP(=O)(O)O)CCCN(C)CC1. The Morgan fingerprint density at radius 1 is 0.727 bits per heavy atom. The van der Waals surface area contributed by atoms with Crippen LogP contribution in [0.5, 0.6) is 0 Å². The topological polar surface area (TPSA) is 70.5 Å². The van der Waals surface area contributed by atoms with Crippen molar-refractivity contribution in [2.24, 2.45) is 0 Å². The quantitative estimate of drug-likeness (QED) is 0.689. The zero-order chi connectivity index (χ0) is 16.6. The molecular weight excluding hydrogens is 303 g/mol. The smallest absolute Gasteiger partial charge is 0.324 e. The Hall–Kier alpha value is -0.0100. The van der Waals surface area contributed by atoms with Crippen LogP contribution >= 0.6 is 7.60 Å². The van der Waals surface area contributed by atoms with Gasteiger partial charge in [-0.05, 0) is 53.6 Å². The fourth-order valence-electron chi connectivity index (χ4n) is 2.68. The minimum Gasteiger partial charge on any atom is -0.324 e. The third-order valence-electron chi connectivity index (χ3n) is 4.14. The maximum absolute atomic E-state index is 11.3. The van der Waals surface area contributed by atoms with Crippen LogP contribution in [0.15, 0.2) is 0 Å². The van der Waals surface area contributed by atoms with Gasteiger partial charge in [0.1, 0.15) is 6.29 Å². The average Bonchev–Trinajstić information content (AvgIpc) is 2.40. The molecule has 0 aromatic carbocycles. The second-order valence-electron chi connectivity index (χ2n) is 6.54. The molecule has 1 saturated heterocycles. The first-order valence-corrected chi connectivity index (χ1v) is 9.88. The Balaban J connectivity index is 2.55. The Labute approximate surface area is 135 Å². The van der Waals surface area contributed by atoms with Crippen molar-refractivity contribution in [2.75, 3.05) is 79.8 Å². The molecule has 1 rings (SSSR count). The Morgan fingerprint density at radius 3 is 1.59 bits per heavy atom. The van der Waals surface area contributed by atoms with E-state index in [9.17, 15) is 14.4 Å². The third kappa shape index (κ3) is 9.90. The van der Waals surface area contributed by atoms with Crippen molar-refractivity contribution < 1.29 is 14.4 Å². The van der Waals surface area contributed by atoms with Crippen LogP contribution in [0.3, 0.4) is 0 Å². The van der Waals surface area contributed by atoms with Gasteiger partial charge >= 0.3 is 7.60 Å². The van der Waals surface area contributed by atoms with Crippen LogP contribution in [0.1, 0.15) is 12.8 Å². The normalized spacial score (nSPS) is 24.2. The summed E-state index contributed by atoms with van der Waals surface area (Å²) in [6.07, 6.45) is 1.92. The first-order valence-electron chi connectivity index (χ1n) is 8.09. The molecule has 1 heterocycles. The van der Waals surface area contributed by atoms with Gasteiger partial charge in [-0.3, -0.25) is 9.46 Å². The Bertz CT molecular complexity index is 353. The van der Waals surface area contributed by atoms with E-state index in [1.807, 2.05) is 4.90 Å². The summed E-state index contributed by atoms with van der Waals surface area (Å²) in [6.45, 7) is 7.45. The maximum Gasteiger partial charge on any atom is 0.339 e. The molecule has 8 heteroatoms. The molecule has 1 aliphatic heterocycles. The van der Waals surface area contributed by atoms with Crippen LogP contribution in [-0.4, -0.2) is 109 Å². The van der Waals surface area contributed by atoms with Crippen molar-refractivity contribution in [3.8, 4) is 0 Å². The largest absolute Gasteiger partial charge is 0.339 e. The van der Waals surface area contributed by atoms with Gasteiger partial charge in [-0.2, -0.15) is 0 Å². The summed E-state index contributed by atoms with van der Waals surface area (Å²) in [5.41, 5.74) is 0. The van der Waals surface area contributed by atoms with Crippen LogP contribution < -0.4 is 0 Å². The van der Waals surface area contributed by atoms with E-state index in [1.54, 1.807) is 0 Å². The summed E-state index contributed by atoms with van der Waals surface area (Å²) in [5, 5.41) is 0. The van der Waals surface area contributed by atoms with Crippen molar-refractivity contribution in [2.45, 2.75) is 12.8 Å². The minimum atomic E-state index is -3.98. The number of nitrogens with zero attached hydrogens (tertiary/aromatic N) is 4. The highest BCUT2D eigenvalue weighted by atomic mass is 31.2. The first kappa shape index (κ1) is 20.0. The predicted molar refractivity (Wildman–Crippen MR) is 90.2 cm³/mol. The molecule has 0 aliphatic carbocycles. The molecule has 2 N–H and O–H groups in total. The van der Waals surface area contributed by atoms with E-state index in [0.717, 1.165) is 58.7 Å². The van der Waals surface area contributed by atoms with E-state index in [1.165, 1.54) is 0 Å². The van der Waals surface area contributed by atoms with E-state index in [2.05, 4.69) is 35.8 Å². The summed E-state index contributed by atoms with van der Waals surface area (Å²) in [6, 6.07) is 0. The molecular formula is C14H33N4O3P. The summed E-state index contributed by atoms with van der Waals surface area (Å²) in [7, 11) is 2.38. The van der Waals surface area contributed by atoms with Crippen molar-refractivity contribution in [1.82, 2.24) is 19.6 Å². The zero-order valence-corrected chi connectivity index (χ0v) is 15.2. The predicted octanol–water partition coefficient (Wildman–Crippen LogP) is 0.0128. The fraction of sp³-hybridized carbons (Fsp3) is 1.00. The van der Waals surface area contributed by atoms with E-state index in [4.69, 9.17) is 0 Å². The fourth-order valence-corrected chi connectivity index (χ4v) is 3.48. The second kappa shape index (κ2) is 9.98. The minimum absolute atomic E-state index is 0.132. The van der Waals surface area contributed by atoms with Crippen molar-refractivity contribution in [1.29, 1.82) is 0 Å². The van der Waals surface area contributed by atoms with Crippen LogP contribution in [0.2, 0.25) is 0 Å². The number of likely N-dealkylation sites (N-methyl/N-ethyl adjacent to an activating group) is 3.